The van der Waals surface area contributed by atoms with Gasteiger partial charge in [-0.1, -0.05) is 83.8 Å². The van der Waals surface area contributed by atoms with E-state index in [0.717, 1.165) is 12.1 Å². The number of anilines is 3. The van der Waals surface area contributed by atoms with E-state index in [2.05, 4.69) is 34.7 Å². The summed E-state index contributed by atoms with van der Waals surface area (Å²) >= 11 is 36.3. The minimum absolute atomic E-state index is 0.00916. The first kappa shape index (κ1) is 81.8. The summed E-state index contributed by atoms with van der Waals surface area (Å²) in [7, 11) is 0. The van der Waals surface area contributed by atoms with E-state index in [4.69, 9.17) is 58.0 Å². The van der Waals surface area contributed by atoms with Crippen LogP contribution < -0.4 is 31.8 Å². The second-order valence-electron chi connectivity index (χ2n) is 28.4. The van der Waals surface area contributed by atoms with Crippen LogP contribution in [0.15, 0.2) is 134 Å². The summed E-state index contributed by atoms with van der Waals surface area (Å²) in [6.45, 7) is 25.0. The van der Waals surface area contributed by atoms with Crippen LogP contribution in [0.5, 0.6) is 0 Å². The molecule has 3 unspecified atom stereocenters. The third-order valence-electron chi connectivity index (χ3n) is 20.5. The highest BCUT2D eigenvalue weighted by Crippen LogP contribution is 2.51. The van der Waals surface area contributed by atoms with Crippen LogP contribution in [-0.4, -0.2) is 187 Å². The molecule has 6 aromatic carbocycles. The summed E-state index contributed by atoms with van der Waals surface area (Å²) < 4.78 is 75.7. The van der Waals surface area contributed by atoms with Crippen molar-refractivity contribution in [2.45, 2.75) is 130 Å². The molecule has 3 aromatic heterocycles. The fraction of sp³-hybridized carbons (Fsp3) is 0.346. The van der Waals surface area contributed by atoms with E-state index in [9.17, 15) is 61.6 Å². The molecule has 6 aliphatic rings. The van der Waals surface area contributed by atoms with E-state index in [1.807, 2.05) is 56.2 Å². The van der Waals surface area contributed by atoms with Gasteiger partial charge in [-0.3, -0.25) is 28.1 Å². The molecule has 9 aromatic rings. The maximum Gasteiger partial charge on any atom is 0.350 e. The van der Waals surface area contributed by atoms with E-state index in [-0.39, 0.29) is 122 Å². The number of amides is 3. The summed E-state index contributed by atoms with van der Waals surface area (Å²) in [6.07, 6.45) is 1.39. The average molecular weight is 1690 g/mol. The van der Waals surface area contributed by atoms with Crippen molar-refractivity contribution < 1.29 is 51.7 Å². The van der Waals surface area contributed by atoms with Gasteiger partial charge in [0.25, 0.3) is 0 Å². The Kier molecular flexibility index (Phi) is 24.1. The van der Waals surface area contributed by atoms with Gasteiger partial charge in [-0.05, 0) is 114 Å². The van der Waals surface area contributed by atoms with Gasteiger partial charge >= 0.3 is 17.1 Å². The molecule has 21 nitrogen and oxygen atoms in total. The van der Waals surface area contributed by atoms with Crippen LogP contribution >= 0.6 is 93.3 Å². The molecule has 0 aliphatic carbocycles. The van der Waals surface area contributed by atoms with Crippen LogP contribution in [-0.2, 0) is 34.0 Å². The number of carbonyl (C=O) groups is 3. The van der Waals surface area contributed by atoms with Gasteiger partial charge in [0, 0.05) is 164 Å². The van der Waals surface area contributed by atoms with Gasteiger partial charge in [0.05, 0.1) is 79.6 Å². The first-order valence-corrected chi connectivity index (χ1v) is 40.5. The molecule has 0 bridgehead atoms. The molecule has 0 spiro atoms. The van der Waals surface area contributed by atoms with Gasteiger partial charge < -0.3 is 44.7 Å². The van der Waals surface area contributed by atoms with Crippen molar-refractivity contribution in [3.63, 3.8) is 0 Å². The van der Waals surface area contributed by atoms with Gasteiger partial charge in [-0.2, -0.15) is 15.0 Å². The molecule has 34 heteroatoms. The summed E-state index contributed by atoms with van der Waals surface area (Å²) in [5, 5.41) is 33.9. The molecule has 6 aliphatic heterocycles. The predicted octanol–water partition coefficient (Wildman–Crippen LogP) is 13.4. The Morgan fingerprint density at radius 2 is 0.741 bits per heavy atom. The minimum atomic E-state index is -0.903. The monoisotopic (exact) mass is 1690 g/mol. The number of rotatable bonds is 9. The van der Waals surface area contributed by atoms with Crippen LogP contribution in [0.25, 0.3) is 66.1 Å². The third kappa shape index (κ3) is 15.4. The minimum Gasteiger partial charge on any atom is -0.390 e. The highest BCUT2D eigenvalue weighted by molar-refractivity contribution is 8.00. The number of carbonyl (C=O) groups excluding carboxylic acids is 3. The van der Waals surface area contributed by atoms with Crippen LogP contribution in [0.4, 0.5) is 39.4 Å². The molecule has 3 saturated heterocycles. The van der Waals surface area contributed by atoms with Crippen molar-refractivity contribution in [3.8, 4) is 33.4 Å². The summed E-state index contributed by atoms with van der Waals surface area (Å²) in [5.41, 5.74) is 1.83. The Balaban J connectivity index is 0.000000147. The number of nitrogens with zero attached hydrogens (tertiary/aromatic N) is 12. The Labute approximate surface area is 676 Å². The molecule has 15 rings (SSSR count). The molecule has 9 heterocycles. The Morgan fingerprint density at radius 3 is 1.09 bits per heavy atom. The number of halogens is 10. The summed E-state index contributed by atoms with van der Waals surface area (Å²) in [5.74, 6) is -2.22. The second kappa shape index (κ2) is 33.0. The molecular weight excluding hydrogens is 1620 g/mol. The maximum atomic E-state index is 15.0. The zero-order valence-electron chi connectivity index (χ0n) is 61.0. The fourth-order valence-electron chi connectivity index (χ4n) is 16.0. The van der Waals surface area contributed by atoms with E-state index >= 15 is 4.39 Å². The lowest BCUT2D eigenvalue weighted by molar-refractivity contribution is -0.131. The van der Waals surface area contributed by atoms with E-state index in [0.29, 0.717) is 138 Å². The molecule has 588 valence electrons. The van der Waals surface area contributed by atoms with Gasteiger partial charge in [-0.15, -0.1) is 35.3 Å². The van der Waals surface area contributed by atoms with Gasteiger partial charge in [0.1, 0.15) is 46.5 Å². The number of aromatic nitrogens is 6. The fourth-order valence-corrected chi connectivity index (χ4v) is 21.0. The third-order valence-corrected chi connectivity index (χ3v) is 25.7. The molecular formula is C78H74Cl5F5N12O9S3. The number of benzene rings is 6. The number of aliphatic hydroxyl groups is 3. The average Bonchev–Trinajstić information content (AvgIpc) is 1.20. The number of aliphatic hydroxyl groups excluding tert-OH is 3. The quantitative estimate of drug-likeness (QED) is 0.0692. The second-order valence-corrected chi connectivity index (χ2v) is 33.5. The standard InChI is InChI=1S/C26H24Cl2F2N4O3S.C26H25Cl2FN4O3S.C26H25ClF2N4O3S/c1-4-21(36)34-12(2)8-32(9-13(34)3)25-16-6-18(28)22(15-5-17(27)20(30)7-19(15)29)24-23(16)33(26(37)31-25)10-14(35)11-38-24;1-4-21(35)33-13(2)9-31(10-14(33)3)25-17-8-19(28)22(15-5-6-20(29)18(27)7-15)24-23(17)32(26(36)30-25)11-16(34)12-37-24;1-4-21(35)33-13(2)9-31(10-14(33)3)25-18-8-19(27)22(17-6-5-15(28)7-20(17)29)24-23(18)32(26(36)30-25)11-16(34)12-37-24/h4-7,12-14,35H,1,8-11H2,2-3H3;2*4-8,13-14,16,34H,1,9-12H2,2-3H3/t12-,13+,14?;2*13-,14+,16?. The normalized spacial score (nSPS) is 21.7. The van der Waals surface area contributed by atoms with Gasteiger partial charge in [-0.25, -0.2) is 36.3 Å². The van der Waals surface area contributed by atoms with E-state index in [1.54, 1.807) is 39.0 Å². The topological polar surface area (TPSA) is 236 Å². The number of thioether (sulfide) groups is 3. The van der Waals surface area contributed by atoms with Crippen molar-refractivity contribution >= 4 is 161 Å². The maximum absolute atomic E-state index is 15.0. The lowest BCUT2D eigenvalue weighted by Gasteiger charge is -2.44. The lowest BCUT2D eigenvalue weighted by Crippen LogP contribution is -2.58. The summed E-state index contributed by atoms with van der Waals surface area (Å²) in [4.78, 5) is 103. The first-order valence-electron chi connectivity index (χ1n) is 35.6. The van der Waals surface area contributed by atoms with Crippen LogP contribution in [0.1, 0.15) is 41.5 Å². The number of hydrogen-bond donors (Lipinski definition) is 3. The molecule has 3 fully saturated rings. The summed E-state index contributed by atoms with van der Waals surface area (Å²) in [6, 6.07) is 13.5. The zero-order valence-corrected chi connectivity index (χ0v) is 67.3. The lowest BCUT2D eigenvalue weighted by atomic mass is 10.0. The van der Waals surface area contributed by atoms with E-state index < -0.39 is 64.5 Å². The largest absolute Gasteiger partial charge is 0.390 e. The van der Waals surface area contributed by atoms with Crippen molar-refractivity contribution in [3.05, 3.63) is 190 Å². The molecule has 3 N–H and O–H groups in total. The highest BCUT2D eigenvalue weighted by Gasteiger charge is 2.40. The van der Waals surface area contributed by atoms with Gasteiger partial charge in [0.2, 0.25) is 17.7 Å². The van der Waals surface area contributed by atoms with Crippen LogP contribution in [0.2, 0.25) is 25.1 Å². The molecule has 0 radical (unpaired) electrons. The Hall–Kier alpha value is -8.20. The SMILES string of the molecule is C=CC(=O)N1[C@H](C)CN(c2nc(=O)n3c4c(c(-c5cc(Cl)c(F)cc5F)c(Cl)cc24)SCC(O)C3)C[C@@H]1C.C=CC(=O)N1[C@H](C)CN(c2nc(=O)n3c4c(c(-c5ccc(F)c(Cl)c5)c(Cl)cc24)SCC(O)C3)C[C@@H]1C.C=CC(=O)N1[C@H](C)CN(c2nc(=O)n3c4c(c(-c5ccc(F)cc5F)c(Cl)cc24)SCC(O)C3)C[C@@H]1C. The molecule has 9 atom stereocenters. The predicted molar refractivity (Wildman–Crippen MR) is 434 cm³/mol. The van der Waals surface area contributed by atoms with Crippen LogP contribution in [0, 0.1) is 29.1 Å². The van der Waals surface area contributed by atoms with E-state index in [1.165, 1.54) is 91.5 Å². The van der Waals surface area contributed by atoms with Crippen LogP contribution in [0.3, 0.4) is 0 Å². The Morgan fingerprint density at radius 1 is 0.411 bits per heavy atom. The zero-order chi connectivity index (χ0) is 80.6. The number of hydrogen-bond acceptors (Lipinski definition) is 18. The van der Waals surface area contributed by atoms with Crippen molar-refractivity contribution in [2.75, 3.05) is 71.2 Å². The first-order chi connectivity index (χ1) is 53.2. The molecule has 112 heavy (non-hydrogen) atoms. The Bertz CT molecular complexity index is 5580. The van der Waals surface area contributed by atoms with Crippen molar-refractivity contribution in [2.24, 2.45) is 0 Å². The van der Waals surface area contributed by atoms with Crippen molar-refractivity contribution in [1.29, 1.82) is 0 Å². The molecule has 3 amide bonds. The smallest absolute Gasteiger partial charge is 0.350 e. The molecule has 0 saturated carbocycles. The van der Waals surface area contributed by atoms with Gasteiger partial charge in [0.15, 0.2) is 0 Å². The number of piperazine rings is 3. The van der Waals surface area contributed by atoms with Crippen molar-refractivity contribution in [1.82, 2.24) is 43.4 Å². The highest BCUT2D eigenvalue weighted by atomic mass is 35.5.